The minimum Gasteiger partial charge on any atom is -0.378 e. The zero-order chi connectivity index (χ0) is 25.9. The van der Waals surface area contributed by atoms with Crippen molar-refractivity contribution in [3.8, 4) is 11.5 Å². The number of nitrogens with zero attached hydrogens (tertiary/aromatic N) is 7. The highest BCUT2D eigenvalue weighted by Gasteiger charge is 2.19. The SMILES string of the molecule is N[C@@H]1CCCN(Cc2ccnc(C(=O)Nc3cnc(-c4cc5c(N6CCOCC6)ncnc5[nH]4)nc3)c2)C1. The predicted molar refractivity (Wildman–Crippen MR) is 143 cm³/mol. The Hall–Kier alpha value is -4.00. The molecule has 0 unspecified atom stereocenters. The molecule has 6 heterocycles. The van der Waals surface area contributed by atoms with Gasteiger partial charge < -0.3 is 25.7 Å². The molecule has 0 aliphatic carbocycles. The van der Waals surface area contributed by atoms with Gasteiger partial charge in [0.2, 0.25) is 0 Å². The fourth-order valence-electron chi connectivity index (χ4n) is 4.99. The second-order valence-corrected chi connectivity index (χ2v) is 9.68. The molecule has 0 spiro atoms. The van der Waals surface area contributed by atoms with E-state index in [-0.39, 0.29) is 11.9 Å². The van der Waals surface area contributed by atoms with Crippen molar-refractivity contribution in [3.05, 3.63) is 54.4 Å². The third-order valence-electron chi connectivity index (χ3n) is 6.87. The molecule has 2 fully saturated rings. The van der Waals surface area contributed by atoms with Crippen molar-refractivity contribution in [2.75, 3.05) is 49.6 Å². The molecule has 12 nitrogen and oxygen atoms in total. The van der Waals surface area contributed by atoms with Gasteiger partial charge in [-0.05, 0) is 43.1 Å². The van der Waals surface area contributed by atoms with E-state index >= 15 is 0 Å². The fourth-order valence-corrected chi connectivity index (χ4v) is 4.99. The van der Waals surface area contributed by atoms with E-state index < -0.39 is 0 Å². The molecule has 2 aliphatic rings. The van der Waals surface area contributed by atoms with Crippen molar-refractivity contribution in [3.63, 3.8) is 0 Å². The van der Waals surface area contributed by atoms with Crippen LogP contribution < -0.4 is 16.0 Å². The molecule has 12 heteroatoms. The third kappa shape index (κ3) is 5.32. The van der Waals surface area contributed by atoms with Crippen molar-refractivity contribution in [1.29, 1.82) is 0 Å². The smallest absolute Gasteiger partial charge is 0.274 e. The molecule has 0 radical (unpaired) electrons. The molecule has 0 saturated carbocycles. The van der Waals surface area contributed by atoms with Gasteiger partial charge in [-0.15, -0.1) is 0 Å². The van der Waals surface area contributed by atoms with Gasteiger partial charge >= 0.3 is 0 Å². The number of hydrogen-bond acceptors (Lipinski definition) is 10. The summed E-state index contributed by atoms with van der Waals surface area (Å²) >= 11 is 0. The van der Waals surface area contributed by atoms with Crippen LogP contribution >= 0.6 is 0 Å². The van der Waals surface area contributed by atoms with Crippen LogP contribution in [-0.2, 0) is 11.3 Å². The van der Waals surface area contributed by atoms with Crippen LogP contribution in [0.25, 0.3) is 22.6 Å². The molecule has 2 saturated heterocycles. The summed E-state index contributed by atoms with van der Waals surface area (Å²) in [5.41, 5.74) is 9.40. The first-order valence-corrected chi connectivity index (χ1v) is 12.9. The average Bonchev–Trinajstić information content (AvgIpc) is 3.39. The monoisotopic (exact) mass is 514 g/mol. The quantitative estimate of drug-likeness (QED) is 0.347. The number of nitrogens with two attached hydrogens (primary N) is 1. The first-order valence-electron chi connectivity index (χ1n) is 12.9. The fraction of sp³-hybridized carbons (Fsp3) is 0.385. The van der Waals surface area contributed by atoms with E-state index in [1.54, 1.807) is 24.9 Å². The number of carbonyl (C=O) groups is 1. The molecule has 0 aromatic carbocycles. The maximum Gasteiger partial charge on any atom is 0.274 e. The van der Waals surface area contributed by atoms with Crippen LogP contribution in [-0.4, -0.2) is 86.1 Å². The van der Waals surface area contributed by atoms with Gasteiger partial charge in [-0.1, -0.05) is 0 Å². The summed E-state index contributed by atoms with van der Waals surface area (Å²) in [6.45, 7) is 5.53. The molecule has 4 aromatic heterocycles. The van der Waals surface area contributed by atoms with E-state index in [2.05, 4.69) is 45.0 Å². The number of anilines is 2. The van der Waals surface area contributed by atoms with Crippen LogP contribution in [0.3, 0.4) is 0 Å². The van der Waals surface area contributed by atoms with Crippen LogP contribution in [0.15, 0.2) is 43.1 Å². The standard InChI is InChI=1S/C26H30N10O2/c27-18-2-1-5-35(15-18)14-17-3-4-28-22(10-17)26(37)33-19-12-29-24(30-13-19)21-11-20-23(34-21)31-16-32-25(20)36-6-8-38-9-7-36/h3-4,10-13,16,18H,1-2,5-9,14-15,27H2,(H,33,37)(H,31,32,34)/t18-/m1/s1. The van der Waals surface area contributed by atoms with E-state index in [9.17, 15) is 4.79 Å². The minimum atomic E-state index is -0.311. The molecule has 38 heavy (non-hydrogen) atoms. The first kappa shape index (κ1) is 24.3. The molecular formula is C26H30N10O2. The van der Waals surface area contributed by atoms with E-state index in [0.29, 0.717) is 30.4 Å². The first-order chi connectivity index (χ1) is 18.6. The molecule has 0 bridgehead atoms. The summed E-state index contributed by atoms with van der Waals surface area (Å²) < 4.78 is 5.46. The number of rotatable bonds is 6. The lowest BCUT2D eigenvalue weighted by Gasteiger charge is -2.30. The number of fused-ring (bicyclic) bond motifs is 1. The predicted octanol–water partition coefficient (Wildman–Crippen LogP) is 1.82. The van der Waals surface area contributed by atoms with Crippen molar-refractivity contribution in [2.24, 2.45) is 5.73 Å². The molecule has 2 aliphatic heterocycles. The van der Waals surface area contributed by atoms with Gasteiger partial charge in [-0.3, -0.25) is 14.7 Å². The second-order valence-electron chi connectivity index (χ2n) is 9.68. The number of likely N-dealkylation sites (tertiary alicyclic amines) is 1. The van der Waals surface area contributed by atoms with Crippen LogP contribution in [0, 0.1) is 0 Å². The third-order valence-corrected chi connectivity index (χ3v) is 6.87. The number of hydrogen-bond donors (Lipinski definition) is 3. The highest BCUT2D eigenvalue weighted by atomic mass is 16.5. The van der Waals surface area contributed by atoms with E-state index in [1.165, 1.54) is 0 Å². The van der Waals surface area contributed by atoms with Gasteiger partial charge in [0.25, 0.3) is 5.91 Å². The van der Waals surface area contributed by atoms with E-state index in [1.807, 2.05) is 18.2 Å². The molecule has 196 valence electrons. The lowest BCUT2D eigenvalue weighted by molar-refractivity contribution is 0.102. The van der Waals surface area contributed by atoms with Gasteiger partial charge in [-0.2, -0.15) is 0 Å². The molecule has 4 aromatic rings. The maximum absolute atomic E-state index is 12.9. The number of carbonyl (C=O) groups excluding carboxylic acids is 1. The summed E-state index contributed by atoms with van der Waals surface area (Å²) in [4.78, 5) is 42.7. The second kappa shape index (κ2) is 10.8. The van der Waals surface area contributed by atoms with E-state index in [0.717, 1.165) is 73.7 Å². The summed E-state index contributed by atoms with van der Waals surface area (Å²) in [7, 11) is 0. The maximum atomic E-state index is 12.9. The minimum absolute atomic E-state index is 0.209. The number of nitrogens with one attached hydrogen (secondary N) is 2. The molecule has 1 atom stereocenters. The number of H-pyrrole nitrogens is 1. The Bertz CT molecular complexity index is 1420. The zero-order valence-corrected chi connectivity index (χ0v) is 21.0. The van der Waals surface area contributed by atoms with Gasteiger partial charge in [0.15, 0.2) is 5.82 Å². The summed E-state index contributed by atoms with van der Waals surface area (Å²) in [5.74, 6) is 1.05. The summed E-state index contributed by atoms with van der Waals surface area (Å²) in [6.07, 6.45) is 8.54. The lowest BCUT2D eigenvalue weighted by atomic mass is 10.1. The topological polar surface area (TPSA) is 151 Å². The van der Waals surface area contributed by atoms with Gasteiger partial charge in [0.1, 0.15) is 23.5 Å². The van der Waals surface area contributed by atoms with Crippen LogP contribution in [0.5, 0.6) is 0 Å². The number of morpholine rings is 1. The van der Waals surface area contributed by atoms with Crippen molar-refractivity contribution >= 4 is 28.4 Å². The summed E-state index contributed by atoms with van der Waals surface area (Å²) in [6, 6.07) is 5.92. The van der Waals surface area contributed by atoms with Crippen LogP contribution in [0.4, 0.5) is 11.5 Å². The molecule has 4 N–H and O–H groups in total. The number of ether oxygens (including phenoxy) is 1. The van der Waals surface area contributed by atoms with Crippen molar-refractivity contribution in [2.45, 2.75) is 25.4 Å². The average molecular weight is 515 g/mol. The van der Waals surface area contributed by atoms with Gasteiger partial charge in [0.05, 0.1) is 42.4 Å². The van der Waals surface area contributed by atoms with Gasteiger partial charge in [-0.25, -0.2) is 19.9 Å². The van der Waals surface area contributed by atoms with Crippen LogP contribution in [0.2, 0.25) is 0 Å². The number of pyridine rings is 1. The molecule has 1 amide bonds. The Morgan fingerprint density at radius 1 is 1.11 bits per heavy atom. The van der Waals surface area contributed by atoms with Crippen molar-refractivity contribution in [1.82, 2.24) is 34.8 Å². The van der Waals surface area contributed by atoms with Crippen molar-refractivity contribution < 1.29 is 9.53 Å². The van der Waals surface area contributed by atoms with Gasteiger partial charge in [0, 0.05) is 38.4 Å². The Kier molecular flexibility index (Phi) is 6.90. The van der Waals surface area contributed by atoms with Crippen LogP contribution in [0.1, 0.15) is 28.9 Å². The number of aromatic nitrogens is 6. The normalized spacial score (nSPS) is 18.6. The molecular weight excluding hydrogens is 484 g/mol. The Balaban J connectivity index is 1.14. The lowest BCUT2D eigenvalue weighted by Crippen LogP contribution is -2.42. The van der Waals surface area contributed by atoms with E-state index in [4.69, 9.17) is 10.5 Å². The number of piperidine rings is 1. The highest BCUT2D eigenvalue weighted by molar-refractivity contribution is 6.02. The Labute approximate surface area is 219 Å². The number of aromatic amines is 1. The molecule has 6 rings (SSSR count). The Morgan fingerprint density at radius 3 is 2.76 bits per heavy atom. The largest absolute Gasteiger partial charge is 0.378 e. The summed E-state index contributed by atoms with van der Waals surface area (Å²) in [5, 5.41) is 3.75. The zero-order valence-electron chi connectivity index (χ0n) is 21.0. The number of amides is 1. The highest BCUT2D eigenvalue weighted by Crippen LogP contribution is 2.28. The Morgan fingerprint density at radius 2 is 1.95 bits per heavy atom.